The van der Waals surface area contributed by atoms with Crippen molar-refractivity contribution in [3.05, 3.63) is 86.1 Å². The minimum atomic E-state index is -2.86. The van der Waals surface area contributed by atoms with Crippen molar-refractivity contribution in [3.63, 3.8) is 0 Å². The third-order valence-electron chi connectivity index (χ3n) is 6.43. The van der Waals surface area contributed by atoms with Crippen LogP contribution in [-0.4, -0.2) is 42.9 Å². The molecular weight excluding hydrogens is 625 g/mol. The fraction of sp³-hybridized carbons (Fsp3) is 0.276. The fourth-order valence-corrected chi connectivity index (χ4v) is 4.97. The van der Waals surface area contributed by atoms with E-state index in [0.717, 1.165) is 31.8 Å². The van der Waals surface area contributed by atoms with E-state index in [1.807, 2.05) is 0 Å². The first-order chi connectivity index (χ1) is 19.6. The number of halogens is 5. The van der Waals surface area contributed by atoms with E-state index in [1.165, 1.54) is 49.2 Å². The molecule has 0 bridgehead atoms. The Morgan fingerprint density at radius 1 is 1.12 bits per heavy atom. The van der Waals surface area contributed by atoms with E-state index in [1.54, 1.807) is 6.07 Å². The van der Waals surface area contributed by atoms with Crippen molar-refractivity contribution >= 4 is 45.0 Å². The zero-order chi connectivity index (χ0) is 29.5. The van der Waals surface area contributed by atoms with Crippen molar-refractivity contribution in [2.45, 2.75) is 25.7 Å². The van der Waals surface area contributed by atoms with E-state index in [0.29, 0.717) is 12.1 Å². The molecule has 1 aliphatic heterocycles. The molecule has 2 N–H and O–H groups in total. The summed E-state index contributed by atoms with van der Waals surface area (Å²) in [6, 6.07) is 12.3. The summed E-state index contributed by atoms with van der Waals surface area (Å²) in [5, 5.41) is 14.7. The van der Waals surface area contributed by atoms with Crippen molar-refractivity contribution in [1.29, 1.82) is 5.26 Å². The Morgan fingerprint density at radius 2 is 1.88 bits per heavy atom. The van der Waals surface area contributed by atoms with Gasteiger partial charge in [0.25, 0.3) is 12.3 Å². The molecular formula is C29H25BrClF3N4O3. The van der Waals surface area contributed by atoms with Gasteiger partial charge in [-0.15, -0.1) is 0 Å². The third kappa shape index (κ3) is 8.00. The topological polar surface area (TPSA) is 94.5 Å². The molecule has 3 aromatic rings. The summed E-state index contributed by atoms with van der Waals surface area (Å²) in [7, 11) is 0. The summed E-state index contributed by atoms with van der Waals surface area (Å²) in [5.41, 5.74) is 0.0231. The molecule has 0 unspecified atom stereocenters. The minimum Gasteiger partial charge on any atom is -0.453 e. The first-order valence-electron chi connectivity index (χ1n) is 12.7. The van der Waals surface area contributed by atoms with Crippen LogP contribution in [-0.2, 0) is 11.2 Å². The number of amides is 2. The Kier molecular flexibility index (Phi) is 10.3. The number of nitrogens with zero attached hydrogens (tertiary/aromatic N) is 2. The molecule has 0 aliphatic carbocycles. The number of benzene rings is 3. The molecule has 214 valence electrons. The number of carbonyl (C=O) groups excluding carboxylic acids is 2. The van der Waals surface area contributed by atoms with Gasteiger partial charge in [0.2, 0.25) is 5.91 Å². The number of hydrogen-bond donors (Lipinski definition) is 2. The summed E-state index contributed by atoms with van der Waals surface area (Å²) in [6.45, 7) is 3.35. The maximum Gasteiger partial charge on any atom is 0.264 e. The average molecular weight is 650 g/mol. The molecule has 41 heavy (non-hydrogen) atoms. The highest BCUT2D eigenvalue weighted by Crippen LogP contribution is 2.36. The molecule has 0 spiro atoms. The van der Waals surface area contributed by atoms with Crippen LogP contribution >= 0.6 is 27.5 Å². The summed E-state index contributed by atoms with van der Waals surface area (Å²) >= 11 is 9.48. The van der Waals surface area contributed by atoms with Crippen molar-refractivity contribution in [1.82, 2.24) is 10.2 Å². The van der Waals surface area contributed by atoms with Crippen LogP contribution in [0.15, 0.2) is 53.0 Å². The molecule has 1 fully saturated rings. The molecule has 0 saturated carbocycles. The van der Waals surface area contributed by atoms with Crippen LogP contribution in [0.1, 0.15) is 46.3 Å². The first kappa shape index (κ1) is 30.4. The molecule has 0 aromatic heterocycles. The molecule has 2 amide bonds. The lowest BCUT2D eigenvalue weighted by molar-refractivity contribution is -0.115. The highest BCUT2D eigenvalue weighted by Gasteiger charge is 2.20. The number of anilines is 1. The van der Waals surface area contributed by atoms with E-state index in [9.17, 15) is 18.4 Å². The Bertz CT molecular complexity index is 1490. The summed E-state index contributed by atoms with van der Waals surface area (Å²) < 4.78 is 47.5. The molecule has 12 heteroatoms. The van der Waals surface area contributed by atoms with E-state index in [2.05, 4.69) is 31.5 Å². The summed E-state index contributed by atoms with van der Waals surface area (Å²) in [5.74, 6) is -2.25. The van der Waals surface area contributed by atoms with Gasteiger partial charge in [-0.25, -0.2) is 13.2 Å². The van der Waals surface area contributed by atoms with Gasteiger partial charge in [0, 0.05) is 29.8 Å². The normalized spacial score (nSPS) is 13.2. The van der Waals surface area contributed by atoms with Crippen LogP contribution in [0.25, 0.3) is 0 Å². The Labute approximate surface area is 248 Å². The number of likely N-dealkylation sites (tertiary alicyclic amines) is 1. The second-order valence-electron chi connectivity index (χ2n) is 9.38. The predicted molar refractivity (Wildman–Crippen MR) is 152 cm³/mol. The molecule has 1 heterocycles. The van der Waals surface area contributed by atoms with E-state index in [-0.39, 0.29) is 43.7 Å². The van der Waals surface area contributed by atoms with Crippen molar-refractivity contribution in [2.24, 2.45) is 0 Å². The summed E-state index contributed by atoms with van der Waals surface area (Å²) in [4.78, 5) is 27.5. The van der Waals surface area contributed by atoms with Gasteiger partial charge >= 0.3 is 0 Å². The molecule has 3 aromatic carbocycles. The Hall–Kier alpha value is -3.59. The number of nitrogens with one attached hydrogen (secondary N) is 2. The molecule has 1 saturated heterocycles. The molecule has 7 nitrogen and oxygen atoms in total. The monoisotopic (exact) mass is 648 g/mol. The van der Waals surface area contributed by atoms with E-state index < -0.39 is 30.1 Å². The van der Waals surface area contributed by atoms with Gasteiger partial charge < -0.3 is 20.3 Å². The van der Waals surface area contributed by atoms with E-state index in [4.69, 9.17) is 21.6 Å². The van der Waals surface area contributed by atoms with Crippen LogP contribution in [0, 0.1) is 17.1 Å². The Morgan fingerprint density at radius 3 is 2.56 bits per heavy atom. The quantitative estimate of drug-likeness (QED) is 0.251. The van der Waals surface area contributed by atoms with Gasteiger partial charge in [-0.2, -0.15) is 5.26 Å². The van der Waals surface area contributed by atoms with E-state index >= 15 is 4.39 Å². The smallest absolute Gasteiger partial charge is 0.264 e. The van der Waals surface area contributed by atoms with Gasteiger partial charge in [-0.3, -0.25) is 9.59 Å². The van der Waals surface area contributed by atoms with Gasteiger partial charge in [-0.1, -0.05) is 17.7 Å². The second-order valence-corrected chi connectivity index (χ2v) is 10.6. The van der Waals surface area contributed by atoms with Gasteiger partial charge in [0.05, 0.1) is 33.2 Å². The fourth-order valence-electron chi connectivity index (χ4n) is 4.35. The maximum absolute atomic E-state index is 15.4. The third-order valence-corrected chi connectivity index (χ3v) is 7.36. The number of hydrogen-bond acceptors (Lipinski definition) is 5. The van der Waals surface area contributed by atoms with Gasteiger partial charge in [0.1, 0.15) is 5.75 Å². The van der Waals surface area contributed by atoms with Crippen LogP contribution in [0.4, 0.5) is 18.9 Å². The number of rotatable bonds is 10. The predicted octanol–water partition coefficient (Wildman–Crippen LogP) is 6.85. The van der Waals surface area contributed by atoms with Crippen molar-refractivity contribution in [3.8, 4) is 17.6 Å². The minimum absolute atomic E-state index is 0.0312. The molecule has 0 radical (unpaired) electrons. The lowest BCUT2D eigenvalue weighted by atomic mass is 10.1. The molecule has 4 rings (SSSR count). The number of nitriles is 1. The van der Waals surface area contributed by atoms with Crippen LogP contribution < -0.4 is 15.4 Å². The maximum atomic E-state index is 15.4. The van der Waals surface area contributed by atoms with Crippen LogP contribution in [0.2, 0.25) is 5.02 Å². The highest BCUT2D eigenvalue weighted by atomic mass is 79.9. The van der Waals surface area contributed by atoms with Crippen LogP contribution in [0.5, 0.6) is 11.5 Å². The number of carbonyl (C=O) groups is 2. The number of alkyl halides is 2. The molecule has 1 aliphatic rings. The number of ether oxygens (including phenoxy) is 1. The second kappa shape index (κ2) is 13.9. The zero-order valence-corrected chi connectivity index (χ0v) is 24.0. The molecule has 0 atom stereocenters. The zero-order valence-electron chi connectivity index (χ0n) is 21.7. The lowest BCUT2D eigenvalue weighted by Gasteiger charge is -2.15. The first-order valence-corrected chi connectivity index (χ1v) is 13.9. The average Bonchev–Trinajstić information content (AvgIpc) is 3.47. The van der Waals surface area contributed by atoms with Crippen molar-refractivity contribution < 1.29 is 27.5 Å². The largest absolute Gasteiger partial charge is 0.453 e. The van der Waals surface area contributed by atoms with Gasteiger partial charge in [0.15, 0.2) is 11.6 Å². The van der Waals surface area contributed by atoms with Crippen molar-refractivity contribution in [2.75, 3.05) is 31.5 Å². The highest BCUT2D eigenvalue weighted by molar-refractivity contribution is 9.10. The Balaban J connectivity index is 1.41. The summed E-state index contributed by atoms with van der Waals surface area (Å²) in [6.07, 6.45) is -0.917. The SMILES string of the molecule is N#Cc1cc(Oc2c(Br)ccc(CC(=O)Nc3ccc(C(=O)NCCN4CCCC4)cc3Cl)c2F)cc(C(F)F)c1. The van der Waals surface area contributed by atoms with Gasteiger partial charge in [-0.05, 0) is 84.3 Å². The standard InChI is InChI=1S/C29H25BrClF3N4O3/c30-22-5-3-18(26(32)27(22)41-21-12-17(16-35)11-20(13-21)28(33)34)15-25(39)37-24-6-4-19(14-23(24)31)29(40)36-7-10-38-8-1-2-9-38/h3-6,11-14,28H,1-2,7-10,15H2,(H,36,40)(H,37,39). The lowest BCUT2D eigenvalue weighted by Crippen LogP contribution is -2.33. The van der Waals surface area contributed by atoms with Crippen LogP contribution in [0.3, 0.4) is 0 Å².